The van der Waals surface area contributed by atoms with E-state index < -0.39 is 0 Å². The third-order valence-corrected chi connectivity index (χ3v) is 7.66. The van der Waals surface area contributed by atoms with Crippen LogP contribution in [0.5, 0.6) is 0 Å². The molecule has 166 valence electrons. The van der Waals surface area contributed by atoms with E-state index in [2.05, 4.69) is 81.4 Å². The van der Waals surface area contributed by atoms with E-state index in [1.165, 1.54) is 86.8 Å². The zero-order chi connectivity index (χ0) is 22.5. The molecule has 1 aromatic heterocycles. The number of fused-ring (bicyclic) bond motifs is 4. The molecule has 4 aromatic rings. The zero-order valence-corrected chi connectivity index (χ0v) is 20.1. The van der Waals surface area contributed by atoms with Crippen LogP contribution in [0.1, 0.15) is 73.4 Å². The number of hydrogen-bond donors (Lipinski definition) is 0. The Morgan fingerprint density at radius 3 is 2.48 bits per heavy atom. The Morgan fingerprint density at radius 1 is 0.879 bits per heavy atom. The highest BCUT2D eigenvalue weighted by Crippen LogP contribution is 2.44. The summed E-state index contributed by atoms with van der Waals surface area (Å²) in [7, 11) is 0. The minimum atomic E-state index is 0.608. The second-order valence-corrected chi connectivity index (χ2v) is 10.7. The first-order chi connectivity index (χ1) is 16.1. The normalized spacial score (nSPS) is 15.4. The maximum atomic E-state index is 5.43. The average molecular weight is 432 g/mol. The van der Waals surface area contributed by atoms with Gasteiger partial charge in [-0.25, -0.2) is 0 Å². The van der Waals surface area contributed by atoms with Gasteiger partial charge in [0.2, 0.25) is 0 Å². The van der Waals surface area contributed by atoms with E-state index in [1.807, 2.05) is 0 Å². The van der Waals surface area contributed by atoms with E-state index in [1.54, 1.807) is 0 Å². The van der Waals surface area contributed by atoms with Gasteiger partial charge in [0.25, 0.3) is 0 Å². The Labute approximate surface area is 197 Å². The maximum absolute atomic E-state index is 5.43. The lowest BCUT2D eigenvalue weighted by atomic mass is 9.91. The van der Waals surface area contributed by atoms with Crippen LogP contribution in [0.15, 0.2) is 60.7 Å². The molecule has 1 saturated carbocycles. The molecule has 6 rings (SSSR count). The lowest BCUT2D eigenvalue weighted by Crippen LogP contribution is -2.02. The van der Waals surface area contributed by atoms with Crippen LogP contribution in [0.25, 0.3) is 33.2 Å². The first-order valence-corrected chi connectivity index (χ1v) is 12.7. The summed E-state index contributed by atoms with van der Waals surface area (Å²) in [5.41, 5.74) is 12.3. The molecule has 1 fully saturated rings. The van der Waals surface area contributed by atoms with Gasteiger partial charge in [0.15, 0.2) is 0 Å². The highest BCUT2D eigenvalue weighted by molar-refractivity contribution is 5.98. The monoisotopic (exact) mass is 431 g/mol. The van der Waals surface area contributed by atoms with Crippen molar-refractivity contribution in [3.8, 4) is 22.4 Å². The molecule has 2 aliphatic rings. The molecule has 1 heteroatoms. The predicted molar refractivity (Wildman–Crippen MR) is 140 cm³/mol. The van der Waals surface area contributed by atoms with Gasteiger partial charge in [-0.2, -0.15) is 0 Å². The molecule has 0 unspecified atom stereocenters. The van der Waals surface area contributed by atoms with Gasteiger partial charge in [-0.1, -0.05) is 75.2 Å². The van der Waals surface area contributed by atoms with Gasteiger partial charge in [0.05, 0.1) is 5.69 Å². The van der Waals surface area contributed by atoms with Crippen LogP contribution in [-0.2, 0) is 12.8 Å². The number of rotatable bonds is 4. The van der Waals surface area contributed by atoms with Crippen molar-refractivity contribution in [2.24, 2.45) is 5.92 Å². The van der Waals surface area contributed by atoms with E-state index in [-0.39, 0.29) is 0 Å². The second-order valence-electron chi connectivity index (χ2n) is 10.7. The Morgan fingerprint density at radius 2 is 1.67 bits per heavy atom. The lowest BCUT2D eigenvalue weighted by Gasteiger charge is -2.17. The number of aromatic nitrogens is 1. The van der Waals surface area contributed by atoms with Crippen LogP contribution >= 0.6 is 0 Å². The Bertz CT molecular complexity index is 1350. The molecule has 0 amide bonds. The number of pyridine rings is 1. The third kappa shape index (κ3) is 3.68. The number of hydrogen-bond acceptors (Lipinski definition) is 1. The van der Waals surface area contributed by atoms with Crippen LogP contribution in [0, 0.1) is 12.8 Å². The van der Waals surface area contributed by atoms with E-state index in [0.717, 1.165) is 12.8 Å². The van der Waals surface area contributed by atoms with Crippen molar-refractivity contribution < 1.29 is 0 Å². The number of nitrogens with zero attached hydrogens (tertiary/aromatic N) is 1. The van der Waals surface area contributed by atoms with Gasteiger partial charge >= 0.3 is 0 Å². The average Bonchev–Trinajstić information content (AvgIpc) is 3.46. The molecule has 0 spiro atoms. The maximum Gasteiger partial charge on any atom is 0.0786 e. The lowest BCUT2D eigenvalue weighted by molar-refractivity contribution is 0.648. The number of benzene rings is 3. The third-order valence-electron chi connectivity index (χ3n) is 7.66. The van der Waals surface area contributed by atoms with E-state index in [4.69, 9.17) is 4.98 Å². The fourth-order valence-corrected chi connectivity index (χ4v) is 6.15. The van der Waals surface area contributed by atoms with Crippen molar-refractivity contribution >= 4 is 10.8 Å². The summed E-state index contributed by atoms with van der Waals surface area (Å²) in [6.07, 6.45) is 7.36. The van der Waals surface area contributed by atoms with Crippen molar-refractivity contribution in [2.75, 3.05) is 0 Å². The second kappa shape index (κ2) is 8.13. The first kappa shape index (κ1) is 20.7. The predicted octanol–water partition coefficient (Wildman–Crippen LogP) is 8.64. The van der Waals surface area contributed by atoms with Crippen LogP contribution in [0.4, 0.5) is 0 Å². The minimum Gasteiger partial charge on any atom is -0.252 e. The summed E-state index contributed by atoms with van der Waals surface area (Å²) < 4.78 is 0. The van der Waals surface area contributed by atoms with Crippen molar-refractivity contribution in [2.45, 2.75) is 65.2 Å². The minimum absolute atomic E-state index is 0.608. The fraction of sp³-hybridized carbons (Fsp3) is 0.344. The molecule has 0 atom stereocenters. The van der Waals surface area contributed by atoms with Gasteiger partial charge < -0.3 is 0 Å². The Balaban J connectivity index is 1.59. The molecule has 1 heterocycles. The molecule has 1 nitrogen and oxygen atoms in total. The van der Waals surface area contributed by atoms with Crippen molar-refractivity contribution in [1.29, 1.82) is 0 Å². The zero-order valence-electron chi connectivity index (χ0n) is 20.1. The standard InChI is InChI=1S/C32H33N/c1-20(2)14-22-12-13-27-25(17-22)19-31(23-8-4-5-9-23)33-32(27)30-16-21(3)15-28-26-11-7-6-10-24(26)18-29(28)30/h6-7,10-13,15-17,19-20,23H,4-5,8-9,14,18H2,1-3H3. The van der Waals surface area contributed by atoms with E-state index in [0.29, 0.717) is 11.8 Å². The molecule has 0 N–H and O–H groups in total. The van der Waals surface area contributed by atoms with Crippen LogP contribution in [-0.4, -0.2) is 4.98 Å². The number of aryl methyl sites for hydroxylation is 1. The van der Waals surface area contributed by atoms with Crippen molar-refractivity contribution in [3.63, 3.8) is 0 Å². The van der Waals surface area contributed by atoms with Crippen molar-refractivity contribution in [1.82, 2.24) is 4.98 Å². The summed E-state index contributed by atoms with van der Waals surface area (Å²) >= 11 is 0. The van der Waals surface area contributed by atoms with Crippen LogP contribution in [0.3, 0.4) is 0 Å². The molecule has 0 saturated heterocycles. The highest BCUT2D eigenvalue weighted by atomic mass is 14.7. The van der Waals surface area contributed by atoms with Gasteiger partial charge in [0, 0.05) is 22.6 Å². The van der Waals surface area contributed by atoms with E-state index in [9.17, 15) is 0 Å². The van der Waals surface area contributed by atoms with E-state index >= 15 is 0 Å². The highest BCUT2D eigenvalue weighted by Gasteiger charge is 2.25. The summed E-state index contributed by atoms with van der Waals surface area (Å²) in [4.78, 5) is 5.43. The first-order valence-electron chi connectivity index (χ1n) is 12.7. The largest absolute Gasteiger partial charge is 0.252 e. The Kier molecular flexibility index (Phi) is 5.09. The topological polar surface area (TPSA) is 12.9 Å². The summed E-state index contributed by atoms with van der Waals surface area (Å²) in [5.74, 6) is 1.27. The molecule has 0 bridgehead atoms. The molecular weight excluding hydrogens is 398 g/mol. The molecule has 0 radical (unpaired) electrons. The van der Waals surface area contributed by atoms with Crippen molar-refractivity contribution in [3.05, 3.63) is 88.6 Å². The quantitative estimate of drug-likeness (QED) is 0.277. The van der Waals surface area contributed by atoms with Crippen LogP contribution in [0.2, 0.25) is 0 Å². The SMILES string of the molecule is Cc1cc2c(c(-c3nc(C4CCCC4)cc4cc(CC(C)C)ccc34)c1)Cc1ccccc1-2. The molecule has 2 aliphatic carbocycles. The smallest absolute Gasteiger partial charge is 0.0786 e. The van der Waals surface area contributed by atoms with Gasteiger partial charge in [-0.15, -0.1) is 0 Å². The van der Waals surface area contributed by atoms with Gasteiger partial charge in [-0.3, -0.25) is 4.98 Å². The Hall–Kier alpha value is -2.93. The molecular formula is C32H33N. The summed E-state index contributed by atoms with van der Waals surface area (Å²) in [6.45, 7) is 6.84. The van der Waals surface area contributed by atoms with Crippen LogP contribution < -0.4 is 0 Å². The summed E-state index contributed by atoms with van der Waals surface area (Å²) in [6, 6.07) is 23.2. The molecule has 0 aliphatic heterocycles. The molecule has 3 aromatic carbocycles. The van der Waals surface area contributed by atoms with Gasteiger partial charge in [0.1, 0.15) is 0 Å². The van der Waals surface area contributed by atoms with Gasteiger partial charge in [-0.05, 0) is 89.4 Å². The fourth-order valence-electron chi connectivity index (χ4n) is 6.15. The molecule has 33 heavy (non-hydrogen) atoms. The summed E-state index contributed by atoms with van der Waals surface area (Å²) in [5, 5.41) is 2.67.